The molecule has 4 nitrogen and oxygen atoms in total. The predicted molar refractivity (Wildman–Crippen MR) is 60.9 cm³/mol. The van der Waals surface area contributed by atoms with Crippen LogP contribution in [0.5, 0.6) is 0 Å². The lowest BCUT2D eigenvalue weighted by Crippen LogP contribution is -2.33. The third-order valence-electron chi connectivity index (χ3n) is 2.19. The minimum atomic E-state index is 0.441. The van der Waals surface area contributed by atoms with E-state index in [0.717, 1.165) is 29.6 Å². The molecule has 5 heteroatoms. The fraction of sp³-hybridized carbons (Fsp3) is 0.500. The smallest absolute Gasteiger partial charge is 0.146 e. The summed E-state index contributed by atoms with van der Waals surface area (Å²) in [6, 6.07) is 4.27. The molecule has 78 valence electrons. The number of nitriles is 1. The van der Waals surface area contributed by atoms with Gasteiger partial charge in [0, 0.05) is 30.0 Å². The van der Waals surface area contributed by atoms with Crippen molar-refractivity contribution in [3.63, 3.8) is 0 Å². The van der Waals surface area contributed by atoms with Gasteiger partial charge in [0.1, 0.15) is 23.4 Å². The summed E-state index contributed by atoms with van der Waals surface area (Å²) in [5, 5.41) is 12.1. The first-order valence-corrected chi connectivity index (χ1v) is 6.09. The molecule has 0 bridgehead atoms. The first-order chi connectivity index (χ1) is 7.31. The van der Waals surface area contributed by atoms with Gasteiger partial charge in [-0.1, -0.05) is 6.92 Å². The molecule has 0 unspecified atom stereocenters. The third kappa shape index (κ3) is 2.39. The van der Waals surface area contributed by atoms with E-state index in [4.69, 9.17) is 5.26 Å². The van der Waals surface area contributed by atoms with Gasteiger partial charge in [-0.05, 0) is 0 Å². The van der Waals surface area contributed by atoms with Gasteiger partial charge in [0.05, 0.1) is 0 Å². The first-order valence-electron chi connectivity index (χ1n) is 4.94. The number of nitrogens with zero attached hydrogens (tertiary/aromatic N) is 3. The van der Waals surface area contributed by atoms with Crippen LogP contribution in [0.3, 0.4) is 0 Å². The Morgan fingerprint density at radius 2 is 2.40 bits per heavy atom. The van der Waals surface area contributed by atoms with Crippen molar-refractivity contribution in [1.29, 1.82) is 5.26 Å². The molecule has 0 aromatic carbocycles. The molecule has 1 aromatic rings. The Bertz CT molecular complexity index is 395. The lowest BCUT2D eigenvalue weighted by Gasteiger charge is -2.26. The summed E-state index contributed by atoms with van der Waals surface area (Å²) in [6.45, 7) is 1.99. The lowest BCUT2D eigenvalue weighted by molar-refractivity contribution is 0.854. The Balaban J connectivity index is 2.18. The monoisotopic (exact) mass is 220 g/mol. The van der Waals surface area contributed by atoms with E-state index in [1.807, 2.05) is 18.7 Å². The molecule has 0 amide bonds. The molecule has 1 aliphatic rings. The van der Waals surface area contributed by atoms with Crippen LogP contribution in [0.2, 0.25) is 0 Å². The molecule has 0 atom stereocenters. The van der Waals surface area contributed by atoms with Gasteiger partial charge >= 0.3 is 0 Å². The summed E-state index contributed by atoms with van der Waals surface area (Å²) < 4.78 is 0. The van der Waals surface area contributed by atoms with Crippen molar-refractivity contribution in [3.05, 3.63) is 17.6 Å². The maximum atomic E-state index is 8.82. The molecule has 0 spiro atoms. The molecular formula is C10H12N4S. The van der Waals surface area contributed by atoms with Gasteiger partial charge in [0.25, 0.3) is 0 Å². The van der Waals surface area contributed by atoms with Crippen molar-refractivity contribution in [2.75, 3.05) is 16.8 Å². The van der Waals surface area contributed by atoms with Gasteiger partial charge in [-0.2, -0.15) is 17.0 Å². The molecule has 1 aromatic heterocycles. The van der Waals surface area contributed by atoms with E-state index in [0.29, 0.717) is 11.7 Å². The highest BCUT2D eigenvalue weighted by atomic mass is 32.2. The van der Waals surface area contributed by atoms with Gasteiger partial charge in [-0.25, -0.2) is 9.97 Å². The molecule has 15 heavy (non-hydrogen) atoms. The number of rotatable bonds is 3. The van der Waals surface area contributed by atoms with Crippen molar-refractivity contribution in [2.45, 2.75) is 19.4 Å². The maximum Gasteiger partial charge on any atom is 0.146 e. The van der Waals surface area contributed by atoms with E-state index in [1.54, 1.807) is 6.07 Å². The summed E-state index contributed by atoms with van der Waals surface area (Å²) >= 11 is 1.91. The summed E-state index contributed by atoms with van der Waals surface area (Å²) in [7, 11) is 0. The largest absolute Gasteiger partial charge is 0.366 e. The molecule has 1 fully saturated rings. The van der Waals surface area contributed by atoms with E-state index >= 15 is 0 Å². The van der Waals surface area contributed by atoms with Crippen molar-refractivity contribution in [1.82, 2.24) is 9.97 Å². The van der Waals surface area contributed by atoms with Crippen molar-refractivity contribution >= 4 is 17.6 Å². The summed E-state index contributed by atoms with van der Waals surface area (Å²) in [4.78, 5) is 8.44. The summed E-state index contributed by atoms with van der Waals surface area (Å²) in [6.07, 6.45) is 0.754. The summed E-state index contributed by atoms with van der Waals surface area (Å²) in [5.41, 5.74) is 0.441. The minimum Gasteiger partial charge on any atom is -0.366 e. The van der Waals surface area contributed by atoms with E-state index in [9.17, 15) is 0 Å². The second kappa shape index (κ2) is 4.49. The van der Waals surface area contributed by atoms with Crippen LogP contribution in [-0.2, 0) is 6.42 Å². The zero-order valence-electron chi connectivity index (χ0n) is 8.53. The topological polar surface area (TPSA) is 61.6 Å². The quantitative estimate of drug-likeness (QED) is 0.835. The highest BCUT2D eigenvalue weighted by Crippen LogP contribution is 2.21. The van der Waals surface area contributed by atoms with Crippen LogP contribution < -0.4 is 5.32 Å². The van der Waals surface area contributed by atoms with Gasteiger partial charge in [0.15, 0.2) is 0 Å². The number of hydrogen-bond donors (Lipinski definition) is 1. The third-order valence-corrected chi connectivity index (χ3v) is 3.47. The minimum absolute atomic E-state index is 0.441. The zero-order valence-corrected chi connectivity index (χ0v) is 9.34. The Morgan fingerprint density at radius 3 is 2.93 bits per heavy atom. The van der Waals surface area contributed by atoms with E-state index in [2.05, 4.69) is 21.4 Å². The van der Waals surface area contributed by atoms with Crippen molar-refractivity contribution < 1.29 is 0 Å². The van der Waals surface area contributed by atoms with Gasteiger partial charge < -0.3 is 5.32 Å². The maximum absolute atomic E-state index is 8.82. The number of hydrogen-bond acceptors (Lipinski definition) is 5. The van der Waals surface area contributed by atoms with Crippen LogP contribution in [-0.4, -0.2) is 27.5 Å². The van der Waals surface area contributed by atoms with Crippen LogP contribution in [0.4, 0.5) is 5.82 Å². The average Bonchev–Trinajstić information content (AvgIpc) is 2.23. The Morgan fingerprint density at radius 1 is 1.60 bits per heavy atom. The second-order valence-corrected chi connectivity index (χ2v) is 4.47. The van der Waals surface area contributed by atoms with E-state index in [-0.39, 0.29) is 0 Å². The first kappa shape index (κ1) is 10.2. The molecule has 1 saturated heterocycles. The van der Waals surface area contributed by atoms with Gasteiger partial charge in [0.2, 0.25) is 0 Å². The number of aromatic nitrogens is 2. The van der Waals surface area contributed by atoms with Crippen LogP contribution >= 0.6 is 11.8 Å². The normalized spacial score (nSPS) is 15.5. The standard InChI is InChI=1S/C10H12N4S/c1-2-9-12-7(4-11)3-10(14-9)13-8-5-15-6-8/h3,8H,2,5-6H2,1H3,(H,12,13,14). The molecule has 2 heterocycles. The SMILES string of the molecule is CCc1nc(C#N)cc(NC2CSC2)n1. The molecule has 2 rings (SSSR count). The number of aryl methyl sites for hydroxylation is 1. The van der Waals surface area contributed by atoms with Crippen LogP contribution in [0, 0.1) is 11.3 Å². The lowest BCUT2D eigenvalue weighted by atomic mass is 10.3. The Kier molecular flexibility index (Phi) is 3.07. The molecular weight excluding hydrogens is 208 g/mol. The fourth-order valence-corrected chi connectivity index (χ4v) is 1.95. The highest BCUT2D eigenvalue weighted by Gasteiger charge is 2.18. The fourth-order valence-electron chi connectivity index (χ4n) is 1.31. The zero-order chi connectivity index (χ0) is 10.7. The average molecular weight is 220 g/mol. The highest BCUT2D eigenvalue weighted by molar-refractivity contribution is 8.00. The van der Waals surface area contributed by atoms with Crippen LogP contribution in [0.1, 0.15) is 18.4 Å². The van der Waals surface area contributed by atoms with Crippen LogP contribution in [0.15, 0.2) is 6.07 Å². The molecule has 1 aliphatic heterocycles. The van der Waals surface area contributed by atoms with E-state index < -0.39 is 0 Å². The van der Waals surface area contributed by atoms with Gasteiger partial charge in [-0.3, -0.25) is 0 Å². The molecule has 0 saturated carbocycles. The number of anilines is 1. The molecule has 0 radical (unpaired) electrons. The molecule has 0 aliphatic carbocycles. The Hall–Kier alpha value is -1.28. The Labute approximate surface area is 93.1 Å². The van der Waals surface area contributed by atoms with Crippen molar-refractivity contribution in [3.8, 4) is 6.07 Å². The van der Waals surface area contributed by atoms with Gasteiger partial charge in [-0.15, -0.1) is 0 Å². The predicted octanol–water partition coefficient (Wildman–Crippen LogP) is 1.44. The number of thioether (sulfide) groups is 1. The second-order valence-electron chi connectivity index (χ2n) is 3.40. The van der Waals surface area contributed by atoms with Crippen LogP contribution in [0.25, 0.3) is 0 Å². The summed E-state index contributed by atoms with van der Waals surface area (Å²) in [5.74, 6) is 3.74. The molecule has 1 N–H and O–H groups in total. The number of nitrogens with one attached hydrogen (secondary N) is 1. The van der Waals surface area contributed by atoms with Crippen molar-refractivity contribution in [2.24, 2.45) is 0 Å². The van der Waals surface area contributed by atoms with E-state index in [1.165, 1.54) is 0 Å².